The number of hydrogen-bond donors (Lipinski definition) is 1. The summed E-state index contributed by atoms with van der Waals surface area (Å²) in [6.45, 7) is 7.47. The first-order valence-corrected chi connectivity index (χ1v) is 7.47. The minimum Gasteiger partial charge on any atom is -0.495 e. The number of sulfonamides is 1. The highest BCUT2D eigenvalue weighted by molar-refractivity contribution is 7.89. The lowest BCUT2D eigenvalue weighted by Gasteiger charge is -2.17. The van der Waals surface area contributed by atoms with E-state index >= 15 is 0 Å². The van der Waals surface area contributed by atoms with Crippen LogP contribution in [0.3, 0.4) is 0 Å². The van der Waals surface area contributed by atoms with Crippen LogP contribution in [-0.2, 0) is 10.0 Å². The molecule has 0 saturated heterocycles. The van der Waals surface area contributed by atoms with Crippen LogP contribution in [0.4, 0.5) is 0 Å². The molecule has 1 rings (SSSR count). The molecular formula is C13H21NO3S. The fourth-order valence-corrected chi connectivity index (χ4v) is 3.52. The zero-order valence-corrected chi connectivity index (χ0v) is 12.4. The van der Waals surface area contributed by atoms with Gasteiger partial charge in [-0.15, -0.1) is 0 Å². The Kier molecular flexibility index (Phi) is 4.76. The molecule has 1 N–H and O–H groups in total. The highest BCUT2D eigenvalue weighted by Gasteiger charge is 2.23. The van der Waals surface area contributed by atoms with Crippen molar-refractivity contribution in [2.45, 2.75) is 45.1 Å². The molecular weight excluding hydrogens is 250 g/mol. The molecule has 0 bridgehead atoms. The van der Waals surface area contributed by atoms with Crippen molar-refractivity contribution in [2.75, 3.05) is 7.11 Å². The van der Waals surface area contributed by atoms with E-state index in [4.69, 9.17) is 4.74 Å². The second-order valence-electron chi connectivity index (χ2n) is 4.54. The third-order valence-corrected chi connectivity index (χ3v) is 4.62. The summed E-state index contributed by atoms with van der Waals surface area (Å²) in [6.07, 6.45) is 0.743. The first kappa shape index (κ1) is 15.0. The van der Waals surface area contributed by atoms with Crippen molar-refractivity contribution >= 4 is 10.0 Å². The van der Waals surface area contributed by atoms with E-state index in [9.17, 15) is 8.42 Å². The Bertz CT molecular complexity index is 523. The lowest BCUT2D eigenvalue weighted by Crippen LogP contribution is -2.32. The quantitative estimate of drug-likeness (QED) is 0.894. The number of methoxy groups -OCH3 is 1. The minimum atomic E-state index is -3.54. The van der Waals surface area contributed by atoms with Gasteiger partial charge in [0.1, 0.15) is 10.6 Å². The van der Waals surface area contributed by atoms with Gasteiger partial charge in [0.05, 0.1) is 7.11 Å². The molecule has 0 aromatic heterocycles. The Labute approximate surface area is 109 Å². The van der Waals surface area contributed by atoms with Gasteiger partial charge in [0.2, 0.25) is 10.0 Å². The zero-order chi connectivity index (χ0) is 13.9. The van der Waals surface area contributed by atoms with Gasteiger partial charge in [0.25, 0.3) is 0 Å². The van der Waals surface area contributed by atoms with Crippen LogP contribution in [-0.4, -0.2) is 21.6 Å². The van der Waals surface area contributed by atoms with Crippen molar-refractivity contribution in [1.82, 2.24) is 4.72 Å². The number of aryl methyl sites for hydroxylation is 2. The number of nitrogens with one attached hydrogen (secondary N) is 1. The SMILES string of the molecule is CCC(C)NS(=O)(=O)c1c(C)cc(C)cc1OC. The number of ether oxygens (including phenoxy) is 1. The molecule has 102 valence electrons. The van der Waals surface area contributed by atoms with Gasteiger partial charge in [0, 0.05) is 6.04 Å². The van der Waals surface area contributed by atoms with E-state index in [1.54, 1.807) is 13.0 Å². The van der Waals surface area contributed by atoms with Crippen LogP contribution in [0.15, 0.2) is 17.0 Å². The van der Waals surface area contributed by atoms with Crippen LogP contribution < -0.4 is 9.46 Å². The third-order valence-electron chi connectivity index (χ3n) is 2.84. The Morgan fingerprint density at radius 2 is 1.94 bits per heavy atom. The van der Waals surface area contributed by atoms with Gasteiger partial charge in [-0.05, 0) is 44.4 Å². The summed E-state index contributed by atoms with van der Waals surface area (Å²) in [7, 11) is -2.05. The summed E-state index contributed by atoms with van der Waals surface area (Å²) in [5.74, 6) is 0.392. The van der Waals surface area contributed by atoms with Crippen molar-refractivity contribution in [3.8, 4) is 5.75 Å². The van der Waals surface area contributed by atoms with Gasteiger partial charge in [-0.25, -0.2) is 13.1 Å². The third kappa shape index (κ3) is 3.23. The van der Waals surface area contributed by atoms with E-state index in [0.29, 0.717) is 11.3 Å². The molecule has 0 aliphatic rings. The topological polar surface area (TPSA) is 55.4 Å². The molecule has 1 atom stereocenters. The van der Waals surface area contributed by atoms with Gasteiger partial charge in [-0.1, -0.05) is 13.0 Å². The fraction of sp³-hybridized carbons (Fsp3) is 0.538. The molecule has 1 unspecified atom stereocenters. The van der Waals surface area contributed by atoms with E-state index in [1.807, 2.05) is 26.8 Å². The van der Waals surface area contributed by atoms with Crippen LogP contribution in [0, 0.1) is 13.8 Å². The number of hydrogen-bond acceptors (Lipinski definition) is 3. The molecule has 1 aromatic carbocycles. The monoisotopic (exact) mass is 271 g/mol. The van der Waals surface area contributed by atoms with E-state index < -0.39 is 10.0 Å². The highest BCUT2D eigenvalue weighted by Crippen LogP contribution is 2.28. The average Bonchev–Trinajstić information content (AvgIpc) is 2.26. The standard InChI is InChI=1S/C13H21NO3S/c1-6-11(4)14-18(15,16)13-10(3)7-9(2)8-12(13)17-5/h7-8,11,14H,6H2,1-5H3. The fourth-order valence-electron chi connectivity index (χ4n) is 1.82. The molecule has 0 radical (unpaired) electrons. The largest absolute Gasteiger partial charge is 0.495 e. The maximum Gasteiger partial charge on any atom is 0.244 e. The normalized spacial score (nSPS) is 13.4. The van der Waals surface area contributed by atoms with Crippen molar-refractivity contribution in [1.29, 1.82) is 0 Å². The average molecular weight is 271 g/mol. The van der Waals surface area contributed by atoms with Crippen LogP contribution in [0.5, 0.6) is 5.75 Å². The number of rotatable bonds is 5. The van der Waals surface area contributed by atoms with Crippen LogP contribution in [0.2, 0.25) is 0 Å². The molecule has 0 saturated carbocycles. The summed E-state index contributed by atoms with van der Waals surface area (Å²) in [4.78, 5) is 0.232. The Morgan fingerprint density at radius 3 is 2.44 bits per heavy atom. The van der Waals surface area contributed by atoms with Crippen LogP contribution >= 0.6 is 0 Å². The van der Waals surface area contributed by atoms with Gasteiger partial charge >= 0.3 is 0 Å². The lowest BCUT2D eigenvalue weighted by atomic mass is 10.1. The molecule has 18 heavy (non-hydrogen) atoms. The lowest BCUT2D eigenvalue weighted by molar-refractivity contribution is 0.401. The number of benzene rings is 1. The van der Waals surface area contributed by atoms with E-state index in [-0.39, 0.29) is 10.9 Å². The summed E-state index contributed by atoms with van der Waals surface area (Å²) in [6, 6.07) is 3.48. The first-order chi connectivity index (χ1) is 8.31. The molecule has 0 amide bonds. The van der Waals surface area contributed by atoms with Gasteiger partial charge < -0.3 is 4.74 Å². The molecule has 0 fully saturated rings. The van der Waals surface area contributed by atoms with Gasteiger partial charge in [0.15, 0.2) is 0 Å². The first-order valence-electron chi connectivity index (χ1n) is 5.99. The summed E-state index contributed by atoms with van der Waals surface area (Å²) in [5, 5.41) is 0. The summed E-state index contributed by atoms with van der Waals surface area (Å²) in [5.41, 5.74) is 1.68. The van der Waals surface area contributed by atoms with E-state index in [2.05, 4.69) is 4.72 Å². The summed E-state index contributed by atoms with van der Waals surface area (Å²) < 4.78 is 32.5. The smallest absolute Gasteiger partial charge is 0.244 e. The maximum absolute atomic E-state index is 12.3. The zero-order valence-electron chi connectivity index (χ0n) is 11.6. The Hall–Kier alpha value is -1.07. The molecule has 4 nitrogen and oxygen atoms in total. The van der Waals surface area contributed by atoms with Crippen molar-refractivity contribution < 1.29 is 13.2 Å². The van der Waals surface area contributed by atoms with E-state index in [1.165, 1.54) is 7.11 Å². The Morgan fingerprint density at radius 1 is 1.33 bits per heavy atom. The second-order valence-corrected chi connectivity index (χ2v) is 6.19. The predicted octanol–water partition coefficient (Wildman–Crippen LogP) is 2.39. The van der Waals surface area contributed by atoms with Crippen molar-refractivity contribution in [3.05, 3.63) is 23.3 Å². The molecule has 0 heterocycles. The highest BCUT2D eigenvalue weighted by atomic mass is 32.2. The Balaban J connectivity index is 3.32. The van der Waals surface area contributed by atoms with Gasteiger partial charge in [-0.3, -0.25) is 0 Å². The molecule has 1 aromatic rings. The van der Waals surface area contributed by atoms with Crippen LogP contribution in [0.25, 0.3) is 0 Å². The molecule has 0 aliphatic carbocycles. The minimum absolute atomic E-state index is 0.0968. The predicted molar refractivity (Wildman–Crippen MR) is 72.5 cm³/mol. The van der Waals surface area contributed by atoms with Crippen molar-refractivity contribution in [3.63, 3.8) is 0 Å². The summed E-state index contributed by atoms with van der Waals surface area (Å²) >= 11 is 0. The van der Waals surface area contributed by atoms with Crippen molar-refractivity contribution in [2.24, 2.45) is 0 Å². The molecule has 0 spiro atoms. The second kappa shape index (κ2) is 5.71. The van der Waals surface area contributed by atoms with Gasteiger partial charge in [-0.2, -0.15) is 0 Å². The molecule has 5 heteroatoms. The maximum atomic E-state index is 12.3. The molecule has 0 aliphatic heterocycles. The van der Waals surface area contributed by atoms with Crippen LogP contribution in [0.1, 0.15) is 31.4 Å². The van der Waals surface area contributed by atoms with E-state index in [0.717, 1.165) is 12.0 Å².